The molecule has 1 aromatic heterocycles. The Bertz CT molecular complexity index is 1610. The molecule has 2 N–H and O–H groups in total. The van der Waals surface area contributed by atoms with E-state index in [1.807, 2.05) is 32.9 Å². The molecule has 1 saturated carbocycles. The molecule has 13 nitrogen and oxygen atoms in total. The highest BCUT2D eigenvalue weighted by Crippen LogP contribution is 2.55. The topological polar surface area (TPSA) is 153 Å². The molecule has 0 radical (unpaired) electrons. The van der Waals surface area contributed by atoms with Gasteiger partial charge in [0.15, 0.2) is 0 Å². The van der Waals surface area contributed by atoms with E-state index < -0.39 is 11.5 Å². The van der Waals surface area contributed by atoms with Gasteiger partial charge in [0.05, 0.1) is 36.0 Å². The Kier molecular flexibility index (Phi) is 15.4. The van der Waals surface area contributed by atoms with Crippen LogP contribution in [-0.4, -0.2) is 118 Å². The normalized spacial score (nSPS) is 18.7. The molecule has 0 spiro atoms. The Hall–Kier alpha value is -3.83. The number of piperazine rings is 1. The molecular weight excluding hydrogens is 724 g/mol. The number of nitriles is 1. The minimum atomic E-state index is -0.570. The fraction of sp³-hybridized carbons (Fsp3) is 0.659. The summed E-state index contributed by atoms with van der Waals surface area (Å²) in [4.78, 5) is 35.1. The number of ether oxygens (including phenoxy) is 5. The molecule has 0 bridgehead atoms. The Balaban J connectivity index is 0.000000311. The second kappa shape index (κ2) is 19.4. The van der Waals surface area contributed by atoms with Crippen molar-refractivity contribution in [3.05, 3.63) is 46.6 Å². The number of methoxy groups -OCH3 is 1. The fourth-order valence-electron chi connectivity index (χ4n) is 7.91. The minimum absolute atomic E-state index is 0.175. The highest BCUT2D eigenvalue weighted by atomic mass is 35.5. The number of amides is 2. The predicted octanol–water partition coefficient (Wildman–Crippen LogP) is 6.41. The van der Waals surface area contributed by atoms with Gasteiger partial charge in [-0.3, -0.25) is 9.69 Å². The second-order valence-corrected chi connectivity index (χ2v) is 17.4. The van der Waals surface area contributed by atoms with Gasteiger partial charge in [0.1, 0.15) is 41.7 Å². The first kappa shape index (κ1) is 43.9. The summed E-state index contributed by atoms with van der Waals surface area (Å²) in [6, 6.07) is 9.09. The lowest BCUT2D eigenvalue weighted by molar-refractivity contribution is -0.133. The molecule has 3 fully saturated rings. The van der Waals surface area contributed by atoms with Crippen LogP contribution in [0.1, 0.15) is 83.7 Å². The number of nitrogens with two attached hydrogens (primary N) is 1. The van der Waals surface area contributed by atoms with Gasteiger partial charge in [-0.15, -0.1) is 0 Å². The summed E-state index contributed by atoms with van der Waals surface area (Å²) in [5.74, 6) is 1.97. The van der Waals surface area contributed by atoms with Gasteiger partial charge in [-0.2, -0.15) is 5.26 Å². The Morgan fingerprint density at radius 2 is 1.64 bits per heavy atom. The second-order valence-electron chi connectivity index (χ2n) is 17.0. The van der Waals surface area contributed by atoms with Gasteiger partial charge in [0, 0.05) is 82.1 Å². The van der Waals surface area contributed by atoms with Crippen molar-refractivity contribution in [3.8, 4) is 17.6 Å². The third-order valence-corrected chi connectivity index (χ3v) is 10.5. The molecular formula is C41H61ClN6O7. The highest BCUT2D eigenvalue weighted by Gasteiger charge is 2.54. The number of pyridine rings is 1. The van der Waals surface area contributed by atoms with E-state index >= 15 is 0 Å². The molecule has 2 saturated heterocycles. The molecule has 14 heteroatoms. The van der Waals surface area contributed by atoms with Crippen molar-refractivity contribution >= 4 is 29.4 Å². The number of rotatable bonds is 13. The zero-order valence-corrected chi connectivity index (χ0v) is 34.7. The highest BCUT2D eigenvalue weighted by molar-refractivity contribution is 6.31. The minimum Gasteiger partial charge on any atom is -0.490 e. The summed E-state index contributed by atoms with van der Waals surface area (Å²) in [6.45, 7) is 22.2. The van der Waals surface area contributed by atoms with Crippen molar-refractivity contribution in [1.82, 2.24) is 14.8 Å². The first-order chi connectivity index (χ1) is 25.9. The number of aromatic nitrogens is 1. The van der Waals surface area contributed by atoms with Crippen LogP contribution in [0.15, 0.2) is 30.5 Å². The average molecular weight is 785 g/mol. The summed E-state index contributed by atoms with van der Waals surface area (Å²) < 4.78 is 27.8. The van der Waals surface area contributed by atoms with E-state index in [0.29, 0.717) is 61.8 Å². The Labute approximate surface area is 332 Å². The van der Waals surface area contributed by atoms with Crippen LogP contribution in [0.25, 0.3) is 0 Å². The van der Waals surface area contributed by atoms with E-state index in [1.165, 1.54) is 6.20 Å². The molecule has 0 unspecified atom stereocenters. The third kappa shape index (κ3) is 12.9. The zero-order valence-electron chi connectivity index (χ0n) is 34.0. The van der Waals surface area contributed by atoms with Gasteiger partial charge in [-0.1, -0.05) is 39.3 Å². The number of primary amides is 1. The lowest BCUT2D eigenvalue weighted by Gasteiger charge is -2.56. The monoisotopic (exact) mass is 784 g/mol. The maximum atomic E-state index is 12.3. The average Bonchev–Trinajstić information content (AvgIpc) is 3.11. The van der Waals surface area contributed by atoms with E-state index in [0.717, 1.165) is 63.6 Å². The molecule has 5 rings (SSSR count). The first-order valence-electron chi connectivity index (χ1n) is 19.2. The summed E-state index contributed by atoms with van der Waals surface area (Å²) in [5.41, 5.74) is 6.17. The summed E-state index contributed by atoms with van der Waals surface area (Å²) in [6.07, 6.45) is 4.69. The van der Waals surface area contributed by atoms with Crippen molar-refractivity contribution in [3.63, 3.8) is 0 Å². The number of hydrogen-bond acceptors (Lipinski definition) is 11. The molecule has 55 heavy (non-hydrogen) atoms. The smallest absolute Gasteiger partial charge is 0.410 e. The van der Waals surface area contributed by atoms with Crippen molar-refractivity contribution in [1.29, 1.82) is 5.26 Å². The Morgan fingerprint density at radius 3 is 2.20 bits per heavy atom. The molecule has 2 aromatic rings. The summed E-state index contributed by atoms with van der Waals surface area (Å²) >= 11 is 6.01. The zero-order chi connectivity index (χ0) is 40.4. The van der Waals surface area contributed by atoms with Crippen molar-refractivity contribution in [2.24, 2.45) is 22.5 Å². The molecule has 2 amide bonds. The fourth-order valence-corrected chi connectivity index (χ4v) is 8.12. The Morgan fingerprint density at radius 1 is 0.982 bits per heavy atom. The number of hydrogen-bond donors (Lipinski definition) is 1. The summed E-state index contributed by atoms with van der Waals surface area (Å²) in [5, 5.41) is 9.29. The van der Waals surface area contributed by atoms with Gasteiger partial charge >= 0.3 is 6.09 Å². The maximum Gasteiger partial charge on any atom is 0.410 e. The number of anilines is 1. The summed E-state index contributed by atoms with van der Waals surface area (Å²) in [7, 11) is 1.62. The number of nitrogens with zero attached hydrogens (tertiary/aromatic N) is 5. The van der Waals surface area contributed by atoms with E-state index in [1.54, 1.807) is 30.2 Å². The van der Waals surface area contributed by atoms with Crippen molar-refractivity contribution < 1.29 is 33.3 Å². The quantitative estimate of drug-likeness (QED) is 0.225. The number of halogens is 1. The van der Waals surface area contributed by atoms with Crippen LogP contribution in [0.2, 0.25) is 5.02 Å². The lowest BCUT2D eigenvalue weighted by Crippen LogP contribution is -2.58. The number of benzene rings is 1. The molecule has 3 heterocycles. The van der Waals surface area contributed by atoms with Crippen LogP contribution in [0.5, 0.6) is 11.5 Å². The van der Waals surface area contributed by atoms with Gasteiger partial charge in [-0.05, 0) is 58.1 Å². The molecule has 0 atom stereocenters. The number of carbonyl (C=O) groups excluding carboxylic acids is 2. The lowest BCUT2D eigenvalue weighted by atomic mass is 9.53. The van der Waals surface area contributed by atoms with E-state index in [4.69, 9.17) is 46.3 Å². The molecule has 1 aromatic carbocycles. The van der Waals surface area contributed by atoms with Gasteiger partial charge in [0.2, 0.25) is 0 Å². The molecule has 2 aliphatic heterocycles. The molecule has 304 valence electrons. The van der Waals surface area contributed by atoms with Crippen LogP contribution in [0.4, 0.5) is 10.6 Å². The van der Waals surface area contributed by atoms with E-state index in [9.17, 15) is 9.59 Å². The standard InChI is InChI=1S/C26H43N5O6.C15H18ClNO/c1-26(2,3)37-25(33)31-11-9-29(10-12-31)19-20-5-7-30(8-6-20)23-17-22(21(18-28-23)24(27)32)36-16-15-35-14-13-34-4;1-14(2)9-15(3,4)13(14)18-11-6-5-10(8-17)12(16)7-11/h17-18,20H,5-16,19H2,1-4H3,(H2,27,32);5-7,13H,9H2,1-4H3. The van der Waals surface area contributed by atoms with Crippen LogP contribution in [0, 0.1) is 28.1 Å². The largest absolute Gasteiger partial charge is 0.490 e. The molecule has 1 aliphatic carbocycles. The van der Waals surface area contributed by atoms with E-state index in [-0.39, 0.29) is 28.6 Å². The van der Waals surface area contributed by atoms with E-state index in [2.05, 4.69) is 42.5 Å². The third-order valence-electron chi connectivity index (χ3n) is 10.2. The van der Waals surface area contributed by atoms with Crippen LogP contribution in [-0.2, 0) is 14.2 Å². The number of carbonyl (C=O) groups is 2. The molecule has 3 aliphatic rings. The SMILES string of the molecule is CC1(C)CC(C)(C)C1Oc1ccc(C#N)c(Cl)c1.COCCOCCOc1cc(N2CCC(CN3CCN(C(=O)OC(C)(C)C)CC3)CC2)ncc1C(N)=O. The predicted molar refractivity (Wildman–Crippen MR) is 213 cm³/mol. The van der Waals surface area contributed by atoms with Crippen LogP contribution in [0.3, 0.4) is 0 Å². The van der Waals surface area contributed by atoms with Crippen LogP contribution >= 0.6 is 11.6 Å². The van der Waals surface area contributed by atoms with Crippen molar-refractivity contribution in [2.45, 2.75) is 79.4 Å². The van der Waals surface area contributed by atoms with Gasteiger partial charge < -0.3 is 39.2 Å². The first-order valence-corrected chi connectivity index (χ1v) is 19.6. The maximum absolute atomic E-state index is 12.3. The van der Waals surface area contributed by atoms with Gasteiger partial charge in [-0.25, -0.2) is 9.78 Å². The van der Waals surface area contributed by atoms with Gasteiger partial charge in [0.25, 0.3) is 5.91 Å². The van der Waals surface area contributed by atoms with Crippen molar-refractivity contribution in [2.75, 3.05) is 84.3 Å². The van der Waals surface area contributed by atoms with Crippen LogP contribution < -0.4 is 20.1 Å². The number of piperidine rings is 1.